The van der Waals surface area contributed by atoms with Gasteiger partial charge in [-0.25, -0.2) is 0 Å². The first-order chi connectivity index (χ1) is 7.02. The molecule has 0 amide bonds. The number of rotatable bonds is 3. The van der Waals surface area contributed by atoms with Crippen LogP contribution < -0.4 is 0 Å². The SMILES string of the molecule is CC(=O)CC(C#N)c1cc(Cl)cc(Br)c1. The van der Waals surface area contributed by atoms with Gasteiger partial charge in [-0.1, -0.05) is 27.5 Å². The Balaban J connectivity index is 3.02. The van der Waals surface area contributed by atoms with E-state index >= 15 is 0 Å². The van der Waals surface area contributed by atoms with Crippen molar-refractivity contribution in [3.05, 3.63) is 33.3 Å². The van der Waals surface area contributed by atoms with Gasteiger partial charge < -0.3 is 0 Å². The monoisotopic (exact) mass is 285 g/mol. The van der Waals surface area contributed by atoms with E-state index in [2.05, 4.69) is 22.0 Å². The Bertz CT molecular complexity index is 405. The van der Waals surface area contributed by atoms with E-state index in [1.165, 1.54) is 6.92 Å². The Morgan fingerprint density at radius 2 is 2.27 bits per heavy atom. The summed E-state index contributed by atoms with van der Waals surface area (Å²) in [5, 5.41) is 9.51. The molecular formula is C11H9BrClNO. The lowest BCUT2D eigenvalue weighted by molar-refractivity contribution is -0.117. The standard InChI is InChI=1S/C11H9BrClNO/c1-7(15)2-9(6-14)8-3-10(12)5-11(13)4-8/h3-5,9H,2H2,1H3. The first-order valence-corrected chi connectivity index (χ1v) is 5.55. The second-order valence-electron chi connectivity index (χ2n) is 3.29. The highest BCUT2D eigenvalue weighted by Crippen LogP contribution is 2.26. The van der Waals surface area contributed by atoms with E-state index in [1.54, 1.807) is 12.1 Å². The van der Waals surface area contributed by atoms with E-state index in [9.17, 15) is 4.79 Å². The summed E-state index contributed by atoms with van der Waals surface area (Å²) in [7, 11) is 0. The summed E-state index contributed by atoms with van der Waals surface area (Å²) in [6.45, 7) is 1.48. The van der Waals surface area contributed by atoms with Gasteiger partial charge in [0.1, 0.15) is 5.78 Å². The number of halogens is 2. The number of benzene rings is 1. The van der Waals surface area contributed by atoms with E-state index in [1.807, 2.05) is 6.07 Å². The van der Waals surface area contributed by atoms with Gasteiger partial charge in [-0.05, 0) is 30.7 Å². The summed E-state index contributed by atoms with van der Waals surface area (Å²) < 4.78 is 0.814. The van der Waals surface area contributed by atoms with Crippen LogP contribution in [-0.4, -0.2) is 5.78 Å². The number of nitriles is 1. The van der Waals surface area contributed by atoms with Crippen molar-refractivity contribution >= 4 is 33.3 Å². The lowest BCUT2D eigenvalue weighted by atomic mass is 9.96. The van der Waals surface area contributed by atoms with Gasteiger partial charge in [-0.15, -0.1) is 0 Å². The van der Waals surface area contributed by atoms with Crippen LogP contribution in [0.2, 0.25) is 5.02 Å². The van der Waals surface area contributed by atoms with E-state index in [-0.39, 0.29) is 12.2 Å². The average molecular weight is 287 g/mol. The molecule has 0 aliphatic heterocycles. The quantitative estimate of drug-likeness (QED) is 0.850. The molecule has 1 aromatic rings. The van der Waals surface area contributed by atoms with Crippen LogP contribution in [0.1, 0.15) is 24.8 Å². The third-order valence-corrected chi connectivity index (χ3v) is 2.61. The predicted octanol–water partition coefficient (Wildman–Crippen LogP) is 3.69. The number of ketones is 1. The summed E-state index contributed by atoms with van der Waals surface area (Å²) in [6, 6.07) is 7.37. The summed E-state index contributed by atoms with van der Waals surface area (Å²) in [6.07, 6.45) is 0.225. The van der Waals surface area contributed by atoms with Gasteiger partial charge in [-0.2, -0.15) is 5.26 Å². The second kappa shape index (κ2) is 5.29. The van der Waals surface area contributed by atoms with Crippen LogP contribution in [0.5, 0.6) is 0 Å². The van der Waals surface area contributed by atoms with Crippen molar-refractivity contribution in [2.24, 2.45) is 0 Å². The van der Waals surface area contributed by atoms with Crippen molar-refractivity contribution in [3.63, 3.8) is 0 Å². The smallest absolute Gasteiger partial charge is 0.131 e. The molecule has 1 aromatic carbocycles. The normalized spacial score (nSPS) is 11.9. The van der Waals surface area contributed by atoms with E-state index in [4.69, 9.17) is 16.9 Å². The maximum Gasteiger partial charge on any atom is 0.131 e. The van der Waals surface area contributed by atoms with Gasteiger partial charge in [0, 0.05) is 15.9 Å². The molecule has 0 bridgehead atoms. The third kappa shape index (κ3) is 3.65. The van der Waals surface area contributed by atoms with Crippen molar-refractivity contribution in [1.82, 2.24) is 0 Å². The zero-order valence-electron chi connectivity index (χ0n) is 8.13. The molecule has 0 saturated heterocycles. The van der Waals surface area contributed by atoms with Crippen molar-refractivity contribution in [2.45, 2.75) is 19.3 Å². The van der Waals surface area contributed by atoms with Crippen molar-refractivity contribution in [2.75, 3.05) is 0 Å². The van der Waals surface area contributed by atoms with Gasteiger partial charge in [-0.3, -0.25) is 4.79 Å². The number of carbonyl (C=O) groups is 1. The summed E-state index contributed by atoms with van der Waals surface area (Å²) in [4.78, 5) is 11.0. The molecule has 0 aliphatic rings. The number of hydrogen-bond donors (Lipinski definition) is 0. The fourth-order valence-corrected chi connectivity index (χ4v) is 2.19. The van der Waals surface area contributed by atoms with Gasteiger partial charge in [0.25, 0.3) is 0 Å². The van der Waals surface area contributed by atoms with Gasteiger partial charge >= 0.3 is 0 Å². The van der Waals surface area contributed by atoms with Crippen LogP contribution in [-0.2, 0) is 4.79 Å². The molecule has 0 N–H and O–H groups in total. The highest BCUT2D eigenvalue weighted by atomic mass is 79.9. The minimum Gasteiger partial charge on any atom is -0.300 e. The van der Waals surface area contributed by atoms with E-state index < -0.39 is 5.92 Å². The van der Waals surface area contributed by atoms with Gasteiger partial charge in [0.2, 0.25) is 0 Å². The number of hydrogen-bond acceptors (Lipinski definition) is 2. The molecule has 1 atom stereocenters. The number of nitrogens with zero attached hydrogens (tertiary/aromatic N) is 1. The highest BCUT2D eigenvalue weighted by molar-refractivity contribution is 9.10. The number of Topliss-reactive ketones (excluding diaryl/α,β-unsaturated/α-hetero) is 1. The topological polar surface area (TPSA) is 40.9 Å². The maximum absolute atomic E-state index is 11.0. The molecule has 1 unspecified atom stereocenters. The largest absolute Gasteiger partial charge is 0.300 e. The molecule has 1 rings (SSSR count). The molecule has 78 valence electrons. The maximum atomic E-state index is 11.0. The first-order valence-electron chi connectivity index (χ1n) is 4.38. The fourth-order valence-electron chi connectivity index (χ4n) is 1.30. The summed E-state index contributed by atoms with van der Waals surface area (Å²) in [5.74, 6) is -0.421. The van der Waals surface area contributed by atoms with Crippen LogP contribution in [0.25, 0.3) is 0 Å². The molecule has 2 nitrogen and oxygen atoms in total. The molecule has 0 saturated carbocycles. The Morgan fingerprint density at radius 1 is 1.60 bits per heavy atom. The summed E-state index contributed by atoms with van der Waals surface area (Å²) >= 11 is 9.16. The van der Waals surface area contributed by atoms with Gasteiger partial charge in [0.15, 0.2) is 0 Å². The lowest BCUT2D eigenvalue weighted by Crippen LogP contribution is -2.02. The Hall–Kier alpha value is -0.850. The first kappa shape index (κ1) is 12.2. The highest BCUT2D eigenvalue weighted by Gasteiger charge is 2.14. The number of carbonyl (C=O) groups excluding carboxylic acids is 1. The van der Waals surface area contributed by atoms with Crippen LogP contribution in [0.3, 0.4) is 0 Å². The van der Waals surface area contributed by atoms with Crippen LogP contribution in [0.15, 0.2) is 22.7 Å². The van der Waals surface area contributed by atoms with E-state index in [0.717, 1.165) is 10.0 Å². The summed E-state index contributed by atoms with van der Waals surface area (Å²) in [5.41, 5.74) is 0.770. The molecule has 0 spiro atoms. The molecule has 4 heteroatoms. The van der Waals surface area contributed by atoms with Crippen molar-refractivity contribution in [3.8, 4) is 6.07 Å². The zero-order valence-corrected chi connectivity index (χ0v) is 10.5. The predicted molar refractivity (Wildman–Crippen MR) is 62.8 cm³/mol. The van der Waals surface area contributed by atoms with Crippen LogP contribution in [0.4, 0.5) is 0 Å². The fraction of sp³-hybridized carbons (Fsp3) is 0.273. The Labute approximate surface area is 102 Å². The molecule has 0 radical (unpaired) electrons. The zero-order chi connectivity index (χ0) is 11.4. The minimum atomic E-state index is -0.419. The molecule has 0 aromatic heterocycles. The minimum absolute atomic E-state index is 0.00218. The second-order valence-corrected chi connectivity index (χ2v) is 4.64. The van der Waals surface area contributed by atoms with Crippen molar-refractivity contribution < 1.29 is 4.79 Å². The van der Waals surface area contributed by atoms with Crippen LogP contribution >= 0.6 is 27.5 Å². The average Bonchev–Trinajstić information content (AvgIpc) is 2.12. The molecule has 0 fully saturated rings. The molecular weight excluding hydrogens is 277 g/mol. The Morgan fingerprint density at radius 3 is 2.73 bits per heavy atom. The molecule has 15 heavy (non-hydrogen) atoms. The van der Waals surface area contributed by atoms with Crippen molar-refractivity contribution in [1.29, 1.82) is 5.26 Å². The Kier molecular flexibility index (Phi) is 4.31. The van der Waals surface area contributed by atoms with Crippen LogP contribution in [0, 0.1) is 11.3 Å². The molecule has 0 heterocycles. The van der Waals surface area contributed by atoms with E-state index in [0.29, 0.717) is 5.02 Å². The lowest BCUT2D eigenvalue weighted by Gasteiger charge is -2.08. The third-order valence-electron chi connectivity index (χ3n) is 1.93. The van der Waals surface area contributed by atoms with Gasteiger partial charge in [0.05, 0.1) is 12.0 Å². The molecule has 0 aliphatic carbocycles.